The number of pyridine rings is 1. The minimum absolute atomic E-state index is 0.0693. The van der Waals surface area contributed by atoms with Crippen molar-refractivity contribution in [1.29, 1.82) is 0 Å². The van der Waals surface area contributed by atoms with Gasteiger partial charge in [0.25, 0.3) is 0 Å². The maximum Gasteiger partial charge on any atom is 0.0789 e. The molecule has 2 heterocycles. The van der Waals surface area contributed by atoms with Crippen molar-refractivity contribution >= 4 is 49.7 Å². The van der Waals surface area contributed by atoms with Crippen LogP contribution in [0.25, 0.3) is 54.6 Å². The summed E-state index contributed by atoms with van der Waals surface area (Å²) in [5.41, 5.74) is 8.49. The second kappa shape index (κ2) is 11.1. The quantitative estimate of drug-likeness (QED) is 0.188. The van der Waals surface area contributed by atoms with Crippen LogP contribution in [-0.2, 0) is 0 Å². The van der Waals surface area contributed by atoms with Crippen LogP contribution in [0.3, 0.4) is 0 Å². The van der Waals surface area contributed by atoms with Crippen LogP contribution in [-0.4, -0.2) is 11.2 Å². The standard InChI is InChI=1S/C44H32N2/c1-2-12-30-27-31(23-22-29(30)11-1)43-37-13-3-5-15-39(37)44(40-16-6-4-14-38(40)43)36-20-10-17-33-34(36)18-9-19-35(33)42-25-24-32(28-46-42)41-21-7-8-26-45-41/h1-24,26-30,42H,25H2. The van der Waals surface area contributed by atoms with Crippen LogP contribution in [0.1, 0.15) is 29.3 Å². The van der Waals surface area contributed by atoms with Gasteiger partial charge in [0.15, 0.2) is 0 Å². The van der Waals surface area contributed by atoms with Gasteiger partial charge in [0.2, 0.25) is 0 Å². The van der Waals surface area contributed by atoms with Gasteiger partial charge in [-0.3, -0.25) is 9.98 Å². The maximum absolute atomic E-state index is 5.05. The lowest BCUT2D eigenvalue weighted by Gasteiger charge is -2.25. The Morgan fingerprint density at radius 2 is 1.22 bits per heavy atom. The average molecular weight is 589 g/mol. The van der Waals surface area contributed by atoms with Crippen molar-refractivity contribution in [3.63, 3.8) is 0 Å². The lowest BCUT2D eigenvalue weighted by molar-refractivity contribution is 0.663. The van der Waals surface area contributed by atoms with E-state index >= 15 is 0 Å². The normalized spacial score (nSPS) is 20.2. The SMILES string of the molecule is C1=CC2C=CC(c3c4ccccc4c(-c4cccc5c(C6CC=C(c7ccccn7)C=N6)cccc45)c4ccccc34)=CC2C=C1. The molecule has 6 aromatic rings. The van der Waals surface area contributed by atoms with E-state index in [-0.39, 0.29) is 6.04 Å². The topological polar surface area (TPSA) is 25.2 Å². The number of aromatic nitrogens is 1. The van der Waals surface area contributed by atoms with E-state index in [9.17, 15) is 0 Å². The van der Waals surface area contributed by atoms with E-state index < -0.39 is 0 Å². The molecular weight excluding hydrogens is 556 g/mol. The Morgan fingerprint density at radius 1 is 0.543 bits per heavy atom. The van der Waals surface area contributed by atoms with Crippen LogP contribution < -0.4 is 0 Å². The van der Waals surface area contributed by atoms with Gasteiger partial charge in [-0.1, -0.05) is 140 Å². The fourth-order valence-corrected chi connectivity index (χ4v) is 7.65. The second-order valence-electron chi connectivity index (χ2n) is 12.4. The van der Waals surface area contributed by atoms with Gasteiger partial charge in [-0.2, -0.15) is 0 Å². The third-order valence-electron chi connectivity index (χ3n) is 9.81. The largest absolute Gasteiger partial charge is 0.284 e. The molecule has 1 aromatic heterocycles. The summed E-state index contributed by atoms with van der Waals surface area (Å²) < 4.78 is 0. The van der Waals surface area contributed by atoms with Gasteiger partial charge in [0.05, 0.1) is 11.7 Å². The molecule has 3 unspecified atom stereocenters. The van der Waals surface area contributed by atoms with E-state index in [4.69, 9.17) is 4.99 Å². The zero-order chi connectivity index (χ0) is 30.5. The summed E-state index contributed by atoms with van der Waals surface area (Å²) in [4.78, 5) is 9.57. The molecule has 46 heavy (non-hydrogen) atoms. The number of allylic oxidation sites excluding steroid dienone is 9. The van der Waals surface area contributed by atoms with Crippen molar-refractivity contribution in [2.45, 2.75) is 12.5 Å². The highest BCUT2D eigenvalue weighted by Gasteiger charge is 2.23. The summed E-state index contributed by atoms with van der Waals surface area (Å²) in [5, 5.41) is 7.66. The van der Waals surface area contributed by atoms with Crippen LogP contribution in [0.4, 0.5) is 0 Å². The molecule has 0 saturated heterocycles. The Balaban J connectivity index is 1.21. The molecule has 0 spiro atoms. The molecule has 218 valence electrons. The van der Waals surface area contributed by atoms with E-state index in [0.717, 1.165) is 17.7 Å². The number of hydrogen-bond acceptors (Lipinski definition) is 2. The van der Waals surface area contributed by atoms with Gasteiger partial charge in [-0.05, 0) is 78.7 Å². The van der Waals surface area contributed by atoms with Gasteiger partial charge in [-0.25, -0.2) is 0 Å². The minimum atomic E-state index is 0.0693. The Bertz CT molecular complexity index is 2290. The number of hydrogen-bond donors (Lipinski definition) is 0. The summed E-state index contributed by atoms with van der Waals surface area (Å²) in [5.74, 6) is 0.817. The molecule has 0 bridgehead atoms. The van der Waals surface area contributed by atoms with Crippen molar-refractivity contribution in [1.82, 2.24) is 4.98 Å². The average Bonchev–Trinajstić information content (AvgIpc) is 3.13. The number of benzene rings is 5. The lowest BCUT2D eigenvalue weighted by Crippen LogP contribution is -2.11. The van der Waals surface area contributed by atoms with Gasteiger partial charge in [-0.15, -0.1) is 0 Å². The van der Waals surface area contributed by atoms with E-state index in [1.54, 1.807) is 0 Å². The lowest BCUT2D eigenvalue weighted by atomic mass is 9.78. The first-order valence-corrected chi connectivity index (χ1v) is 16.2. The van der Waals surface area contributed by atoms with Crippen LogP contribution in [0.2, 0.25) is 0 Å². The fourth-order valence-electron chi connectivity index (χ4n) is 7.65. The van der Waals surface area contributed by atoms with E-state index in [1.165, 1.54) is 60.1 Å². The van der Waals surface area contributed by atoms with Gasteiger partial charge >= 0.3 is 0 Å². The smallest absolute Gasteiger partial charge is 0.0789 e. The Hall–Kier alpha value is -5.60. The highest BCUT2D eigenvalue weighted by Crippen LogP contribution is 2.46. The molecule has 5 aromatic carbocycles. The number of aliphatic imine (C=N–C) groups is 1. The molecule has 2 aliphatic carbocycles. The molecule has 3 atom stereocenters. The van der Waals surface area contributed by atoms with Crippen molar-refractivity contribution in [2.24, 2.45) is 16.8 Å². The Morgan fingerprint density at radius 3 is 1.93 bits per heavy atom. The van der Waals surface area contributed by atoms with Gasteiger partial charge in [0, 0.05) is 29.8 Å². The number of rotatable bonds is 4. The van der Waals surface area contributed by atoms with E-state index in [1.807, 2.05) is 30.6 Å². The molecule has 0 saturated carbocycles. The maximum atomic E-state index is 5.05. The molecule has 0 radical (unpaired) electrons. The summed E-state index contributed by atoms with van der Waals surface area (Å²) in [6, 6.07) is 37.5. The van der Waals surface area contributed by atoms with Crippen molar-refractivity contribution in [3.05, 3.63) is 175 Å². The van der Waals surface area contributed by atoms with Crippen LogP contribution in [0.5, 0.6) is 0 Å². The number of dihydropyridines is 1. The molecular formula is C44H32N2. The highest BCUT2D eigenvalue weighted by molar-refractivity contribution is 6.22. The summed E-state index contributed by atoms with van der Waals surface area (Å²) in [6.07, 6.45) is 23.1. The zero-order valence-electron chi connectivity index (χ0n) is 25.4. The third-order valence-corrected chi connectivity index (χ3v) is 9.81. The molecule has 0 fully saturated rings. The van der Waals surface area contributed by atoms with Gasteiger partial charge < -0.3 is 0 Å². The first-order valence-electron chi connectivity index (χ1n) is 16.2. The number of nitrogens with zero attached hydrogens (tertiary/aromatic N) is 2. The molecule has 1 aliphatic heterocycles. The van der Waals surface area contributed by atoms with Crippen molar-refractivity contribution in [3.8, 4) is 11.1 Å². The predicted octanol–water partition coefficient (Wildman–Crippen LogP) is 11.1. The fraction of sp³-hybridized carbons (Fsp3) is 0.0909. The van der Waals surface area contributed by atoms with Crippen LogP contribution in [0.15, 0.2) is 163 Å². The van der Waals surface area contributed by atoms with Crippen molar-refractivity contribution < 1.29 is 0 Å². The van der Waals surface area contributed by atoms with Crippen LogP contribution >= 0.6 is 0 Å². The zero-order valence-corrected chi connectivity index (χ0v) is 25.4. The molecule has 2 heteroatoms. The summed E-state index contributed by atoms with van der Waals surface area (Å²) in [7, 11) is 0. The van der Waals surface area contributed by atoms with Crippen LogP contribution in [0, 0.1) is 11.8 Å². The Labute approximate surface area is 269 Å². The van der Waals surface area contributed by atoms with E-state index in [0.29, 0.717) is 11.8 Å². The second-order valence-corrected chi connectivity index (χ2v) is 12.4. The third kappa shape index (κ3) is 4.41. The number of fused-ring (bicyclic) bond motifs is 4. The summed E-state index contributed by atoms with van der Waals surface area (Å²) in [6.45, 7) is 0. The Kier molecular flexibility index (Phi) is 6.45. The minimum Gasteiger partial charge on any atom is -0.284 e. The molecule has 9 rings (SSSR count). The monoisotopic (exact) mass is 588 g/mol. The summed E-state index contributed by atoms with van der Waals surface area (Å²) >= 11 is 0. The molecule has 3 aliphatic rings. The van der Waals surface area contributed by atoms with E-state index in [2.05, 4.69) is 139 Å². The first kappa shape index (κ1) is 26.8. The first-order chi connectivity index (χ1) is 22.8. The highest BCUT2D eigenvalue weighted by atomic mass is 14.8. The molecule has 2 nitrogen and oxygen atoms in total. The predicted molar refractivity (Wildman–Crippen MR) is 195 cm³/mol. The molecule has 0 amide bonds. The van der Waals surface area contributed by atoms with Crippen molar-refractivity contribution in [2.75, 3.05) is 0 Å². The molecule has 0 N–H and O–H groups in total. The van der Waals surface area contributed by atoms with Gasteiger partial charge in [0.1, 0.15) is 0 Å².